The lowest BCUT2D eigenvalue weighted by Crippen LogP contribution is -2.09. The summed E-state index contributed by atoms with van der Waals surface area (Å²) in [6, 6.07) is 28.7. The van der Waals surface area contributed by atoms with Crippen molar-refractivity contribution in [3.05, 3.63) is 120 Å². The summed E-state index contributed by atoms with van der Waals surface area (Å²) in [4.78, 5) is 26.1. The number of hydrogen-bond acceptors (Lipinski definition) is 6. The highest BCUT2D eigenvalue weighted by Gasteiger charge is 2.24. The Bertz CT molecular complexity index is 1650. The molecule has 0 saturated carbocycles. The van der Waals surface area contributed by atoms with Crippen LogP contribution in [-0.4, -0.2) is 25.5 Å². The molecular weight excluding hydrogens is 492 g/mol. The van der Waals surface area contributed by atoms with Gasteiger partial charge in [0.1, 0.15) is 34.2 Å². The molecule has 194 valence electrons. The zero-order chi connectivity index (χ0) is 27.2. The van der Waals surface area contributed by atoms with E-state index in [1.54, 1.807) is 67.8 Å². The van der Waals surface area contributed by atoms with E-state index in [2.05, 4.69) is 0 Å². The number of ether oxygens (including phenoxy) is 3. The Hall–Kier alpha value is -5.10. The van der Waals surface area contributed by atoms with Gasteiger partial charge in [0.2, 0.25) is 0 Å². The van der Waals surface area contributed by atoms with Gasteiger partial charge in [-0.05, 0) is 73.2 Å². The first-order valence-electron chi connectivity index (χ1n) is 12.5. The summed E-state index contributed by atoms with van der Waals surface area (Å²) < 4.78 is 22.7. The Balaban J connectivity index is 1.42. The molecule has 5 aromatic rings. The van der Waals surface area contributed by atoms with Gasteiger partial charge >= 0.3 is 5.97 Å². The fourth-order valence-corrected chi connectivity index (χ4v) is 4.19. The van der Waals surface area contributed by atoms with E-state index < -0.39 is 5.97 Å². The summed E-state index contributed by atoms with van der Waals surface area (Å²) in [6.45, 7) is 2.39. The maximum Gasteiger partial charge on any atom is 0.348 e. The normalized spacial score (nSPS) is 11.0. The predicted molar refractivity (Wildman–Crippen MR) is 151 cm³/mol. The minimum Gasteiger partial charge on any atom is -0.497 e. The molecule has 1 aromatic heterocycles. The summed E-state index contributed by atoms with van der Waals surface area (Å²) in [5.74, 6) is 1.37. The molecule has 1 heterocycles. The van der Waals surface area contributed by atoms with Crippen molar-refractivity contribution < 1.29 is 28.2 Å². The van der Waals surface area contributed by atoms with Gasteiger partial charge in [-0.2, -0.15) is 0 Å². The van der Waals surface area contributed by atoms with Crippen molar-refractivity contribution in [1.82, 2.24) is 0 Å². The summed E-state index contributed by atoms with van der Waals surface area (Å²) in [5, 5.41) is 0.603. The van der Waals surface area contributed by atoms with Crippen molar-refractivity contribution in [2.75, 3.05) is 13.7 Å². The highest BCUT2D eigenvalue weighted by Crippen LogP contribution is 2.36. The quantitative estimate of drug-likeness (QED) is 0.0865. The van der Waals surface area contributed by atoms with Crippen LogP contribution < -0.4 is 14.2 Å². The molecule has 4 aromatic carbocycles. The lowest BCUT2D eigenvalue weighted by molar-refractivity contribution is 0.0736. The zero-order valence-corrected chi connectivity index (χ0v) is 21.5. The molecule has 39 heavy (non-hydrogen) atoms. The van der Waals surface area contributed by atoms with Crippen LogP contribution in [0.15, 0.2) is 108 Å². The molecule has 6 nitrogen and oxygen atoms in total. The molecule has 0 atom stereocenters. The Morgan fingerprint density at radius 2 is 1.59 bits per heavy atom. The number of fused-ring (bicyclic) bond motifs is 1. The first kappa shape index (κ1) is 25.5. The number of furan rings is 1. The number of allylic oxidation sites excluding steroid dienone is 1. The van der Waals surface area contributed by atoms with Crippen LogP contribution in [0, 0.1) is 0 Å². The maximum atomic E-state index is 13.6. The van der Waals surface area contributed by atoms with Crippen molar-refractivity contribution in [3.8, 4) is 28.6 Å². The minimum absolute atomic E-state index is 0.150. The molecule has 5 rings (SSSR count). The molecule has 0 amide bonds. The molecule has 0 saturated heterocycles. The summed E-state index contributed by atoms with van der Waals surface area (Å²) in [6.07, 6.45) is 3.16. The number of benzene rings is 4. The Labute approximate surface area is 226 Å². The number of carbonyl (C=O) groups is 2. The Morgan fingerprint density at radius 1 is 0.821 bits per heavy atom. The summed E-state index contributed by atoms with van der Waals surface area (Å²) in [5.41, 5.74) is 2.88. The van der Waals surface area contributed by atoms with Gasteiger partial charge in [-0.25, -0.2) is 4.79 Å². The molecule has 0 aliphatic carbocycles. The van der Waals surface area contributed by atoms with Crippen molar-refractivity contribution >= 4 is 28.8 Å². The molecule has 0 N–H and O–H groups in total. The second-order valence-electron chi connectivity index (χ2n) is 8.65. The van der Waals surface area contributed by atoms with Crippen molar-refractivity contribution in [2.45, 2.75) is 6.92 Å². The van der Waals surface area contributed by atoms with E-state index in [1.165, 1.54) is 6.08 Å². The molecule has 6 heteroatoms. The third-order valence-electron chi connectivity index (χ3n) is 6.08. The second kappa shape index (κ2) is 11.5. The lowest BCUT2D eigenvalue weighted by atomic mass is 10.1. The fraction of sp³-hybridized carbons (Fsp3) is 0.0909. The van der Waals surface area contributed by atoms with Crippen molar-refractivity contribution in [1.29, 1.82) is 0 Å². The van der Waals surface area contributed by atoms with E-state index in [1.807, 2.05) is 49.4 Å². The van der Waals surface area contributed by atoms with Crippen LogP contribution >= 0.6 is 0 Å². The topological polar surface area (TPSA) is 75.0 Å². The van der Waals surface area contributed by atoms with E-state index in [0.717, 1.165) is 5.56 Å². The number of ketones is 1. The van der Waals surface area contributed by atoms with Crippen LogP contribution in [0.2, 0.25) is 0 Å². The second-order valence-corrected chi connectivity index (χ2v) is 8.65. The number of rotatable bonds is 9. The fourth-order valence-electron chi connectivity index (χ4n) is 4.19. The average Bonchev–Trinajstić information content (AvgIpc) is 3.36. The van der Waals surface area contributed by atoms with Crippen LogP contribution in [0.25, 0.3) is 28.4 Å². The van der Waals surface area contributed by atoms with Crippen LogP contribution in [0.5, 0.6) is 17.2 Å². The van der Waals surface area contributed by atoms with Gasteiger partial charge in [-0.1, -0.05) is 48.5 Å². The molecule has 0 aliphatic rings. The standard InChI is InChI=1S/C33H26O6/c1-3-37-26-17-19-30-28(21-26)31(32(39-30)24-9-5-4-6-10-24)33(35)38-27-11-7-8-22(20-27)12-18-29(34)23-13-15-25(36-2)16-14-23/h4-21H,3H2,1-2H3/b18-12+. The Morgan fingerprint density at radius 3 is 2.33 bits per heavy atom. The van der Waals surface area contributed by atoms with E-state index in [9.17, 15) is 9.59 Å². The smallest absolute Gasteiger partial charge is 0.348 e. The maximum absolute atomic E-state index is 13.6. The Kier molecular flexibility index (Phi) is 7.55. The summed E-state index contributed by atoms with van der Waals surface area (Å²) >= 11 is 0. The largest absolute Gasteiger partial charge is 0.497 e. The van der Waals surface area contributed by atoms with Crippen LogP contribution in [-0.2, 0) is 0 Å². The van der Waals surface area contributed by atoms with Crippen LogP contribution in [0.1, 0.15) is 33.2 Å². The number of carbonyl (C=O) groups excluding carboxylic acids is 2. The van der Waals surface area contributed by atoms with E-state index in [4.69, 9.17) is 18.6 Å². The zero-order valence-electron chi connectivity index (χ0n) is 21.5. The average molecular weight is 519 g/mol. The van der Waals surface area contributed by atoms with E-state index in [0.29, 0.717) is 57.3 Å². The highest BCUT2D eigenvalue weighted by atomic mass is 16.5. The van der Waals surface area contributed by atoms with Gasteiger partial charge in [0.05, 0.1) is 13.7 Å². The van der Waals surface area contributed by atoms with Crippen LogP contribution in [0.3, 0.4) is 0 Å². The van der Waals surface area contributed by atoms with Crippen LogP contribution in [0.4, 0.5) is 0 Å². The van der Waals surface area contributed by atoms with Crippen molar-refractivity contribution in [2.24, 2.45) is 0 Å². The van der Waals surface area contributed by atoms with Gasteiger partial charge in [-0.15, -0.1) is 0 Å². The van der Waals surface area contributed by atoms with E-state index in [-0.39, 0.29) is 5.78 Å². The van der Waals surface area contributed by atoms with Gasteiger partial charge in [0.25, 0.3) is 0 Å². The predicted octanol–water partition coefficient (Wildman–Crippen LogP) is 7.62. The molecule has 0 aliphatic heterocycles. The van der Waals surface area contributed by atoms with E-state index >= 15 is 0 Å². The molecule has 0 unspecified atom stereocenters. The SMILES string of the molecule is CCOc1ccc2oc(-c3ccccc3)c(C(=O)Oc3cccc(/C=C/C(=O)c4ccc(OC)cc4)c3)c2c1. The molecule has 0 spiro atoms. The highest BCUT2D eigenvalue weighted by molar-refractivity contribution is 6.10. The van der Waals surface area contributed by atoms with Gasteiger partial charge in [0.15, 0.2) is 5.78 Å². The van der Waals surface area contributed by atoms with Gasteiger partial charge in [-0.3, -0.25) is 4.79 Å². The molecule has 0 fully saturated rings. The first-order valence-corrected chi connectivity index (χ1v) is 12.5. The third-order valence-corrected chi connectivity index (χ3v) is 6.08. The molecular formula is C33H26O6. The number of methoxy groups -OCH3 is 1. The molecule has 0 bridgehead atoms. The van der Waals surface area contributed by atoms with Gasteiger partial charge < -0.3 is 18.6 Å². The minimum atomic E-state index is -0.559. The summed E-state index contributed by atoms with van der Waals surface area (Å²) in [7, 11) is 1.58. The number of esters is 1. The van der Waals surface area contributed by atoms with Crippen molar-refractivity contribution in [3.63, 3.8) is 0 Å². The third kappa shape index (κ3) is 5.75. The van der Waals surface area contributed by atoms with Gasteiger partial charge in [0, 0.05) is 16.5 Å². The monoisotopic (exact) mass is 518 g/mol. The molecule has 0 radical (unpaired) electrons. The first-order chi connectivity index (χ1) is 19.1. The number of hydrogen-bond donors (Lipinski definition) is 0. The lowest BCUT2D eigenvalue weighted by Gasteiger charge is -2.07.